The standard InChI is InChI=1S/C8H5ClF3NO2/c1-15-5-4(7(10)11)3(6(9)14)2-13-8(5)12/h2,7H,1H3. The number of carbonyl (C=O) groups is 1. The highest BCUT2D eigenvalue weighted by molar-refractivity contribution is 6.67. The molecule has 0 bridgehead atoms. The molecule has 1 heterocycles. The molecule has 0 N–H and O–H groups in total. The summed E-state index contributed by atoms with van der Waals surface area (Å²) in [6.07, 6.45) is -2.43. The molecule has 15 heavy (non-hydrogen) atoms. The van der Waals surface area contributed by atoms with E-state index in [9.17, 15) is 18.0 Å². The van der Waals surface area contributed by atoms with Gasteiger partial charge in [0.1, 0.15) is 0 Å². The number of halogens is 4. The molecule has 0 atom stereocenters. The van der Waals surface area contributed by atoms with Gasteiger partial charge in [0.2, 0.25) is 0 Å². The lowest BCUT2D eigenvalue weighted by atomic mass is 10.1. The highest BCUT2D eigenvalue weighted by atomic mass is 35.5. The zero-order valence-electron chi connectivity index (χ0n) is 7.43. The highest BCUT2D eigenvalue weighted by Crippen LogP contribution is 2.33. The lowest BCUT2D eigenvalue weighted by Gasteiger charge is -2.10. The lowest BCUT2D eigenvalue weighted by Crippen LogP contribution is -2.05. The fourth-order valence-corrected chi connectivity index (χ4v) is 1.20. The third-order valence-electron chi connectivity index (χ3n) is 1.66. The molecule has 0 amide bonds. The molecule has 0 unspecified atom stereocenters. The van der Waals surface area contributed by atoms with Gasteiger partial charge in [-0.25, -0.2) is 13.8 Å². The van der Waals surface area contributed by atoms with Crippen molar-refractivity contribution in [3.63, 3.8) is 0 Å². The predicted octanol–water partition coefficient (Wildman–Crippen LogP) is 2.55. The van der Waals surface area contributed by atoms with E-state index >= 15 is 0 Å². The maximum atomic E-state index is 12.9. The summed E-state index contributed by atoms with van der Waals surface area (Å²) < 4.78 is 42.4. The van der Waals surface area contributed by atoms with Crippen LogP contribution in [0.2, 0.25) is 0 Å². The summed E-state index contributed by atoms with van der Waals surface area (Å²) in [6.45, 7) is 0. The van der Waals surface area contributed by atoms with Crippen LogP contribution in [0.3, 0.4) is 0 Å². The van der Waals surface area contributed by atoms with Crippen LogP contribution in [0.5, 0.6) is 5.75 Å². The Bertz CT molecular complexity index is 398. The molecule has 0 saturated carbocycles. The van der Waals surface area contributed by atoms with Crippen LogP contribution < -0.4 is 4.74 Å². The van der Waals surface area contributed by atoms with Gasteiger partial charge >= 0.3 is 0 Å². The summed E-state index contributed by atoms with van der Waals surface area (Å²) in [4.78, 5) is 13.8. The Balaban J connectivity index is 3.49. The molecule has 0 fully saturated rings. The molecule has 1 aromatic heterocycles. The van der Waals surface area contributed by atoms with E-state index in [-0.39, 0.29) is 0 Å². The van der Waals surface area contributed by atoms with Gasteiger partial charge < -0.3 is 4.74 Å². The van der Waals surface area contributed by atoms with Gasteiger partial charge in [-0.1, -0.05) is 0 Å². The Morgan fingerprint density at radius 2 is 2.20 bits per heavy atom. The second-order valence-corrected chi connectivity index (χ2v) is 2.83. The summed E-state index contributed by atoms with van der Waals surface area (Å²) in [5.74, 6) is -1.98. The van der Waals surface area contributed by atoms with Gasteiger partial charge in [0.05, 0.1) is 18.2 Å². The van der Waals surface area contributed by atoms with Crippen LogP contribution >= 0.6 is 11.6 Å². The van der Waals surface area contributed by atoms with Crippen LogP contribution in [0.1, 0.15) is 22.3 Å². The number of nitrogens with zero attached hydrogens (tertiary/aromatic N) is 1. The normalized spacial score (nSPS) is 10.5. The molecule has 0 spiro atoms. The third kappa shape index (κ3) is 2.20. The van der Waals surface area contributed by atoms with Crippen molar-refractivity contribution in [3.05, 3.63) is 23.3 Å². The number of rotatable bonds is 3. The first kappa shape index (κ1) is 11.8. The molecule has 7 heteroatoms. The quantitative estimate of drug-likeness (QED) is 0.601. The topological polar surface area (TPSA) is 39.2 Å². The third-order valence-corrected chi connectivity index (χ3v) is 1.87. The Kier molecular flexibility index (Phi) is 3.52. The molecule has 0 aromatic carbocycles. The fourth-order valence-electron chi connectivity index (χ4n) is 1.05. The molecule has 3 nitrogen and oxygen atoms in total. The summed E-state index contributed by atoms with van der Waals surface area (Å²) in [7, 11) is 0.995. The van der Waals surface area contributed by atoms with Gasteiger partial charge in [-0.3, -0.25) is 4.79 Å². The van der Waals surface area contributed by atoms with E-state index in [2.05, 4.69) is 9.72 Å². The number of aromatic nitrogens is 1. The molecule has 1 rings (SSSR count). The van der Waals surface area contributed by atoms with Crippen LogP contribution in [0.25, 0.3) is 0 Å². The number of methoxy groups -OCH3 is 1. The van der Waals surface area contributed by atoms with Crippen LogP contribution in [0.15, 0.2) is 6.20 Å². The van der Waals surface area contributed by atoms with Gasteiger partial charge in [0.25, 0.3) is 17.6 Å². The van der Waals surface area contributed by atoms with Crippen molar-refractivity contribution in [1.29, 1.82) is 0 Å². The second-order valence-electron chi connectivity index (χ2n) is 2.48. The van der Waals surface area contributed by atoms with E-state index in [1.54, 1.807) is 0 Å². The minimum absolute atomic E-state index is 0.565. The molecule has 0 saturated heterocycles. The number of hydrogen-bond acceptors (Lipinski definition) is 3. The number of carbonyl (C=O) groups excluding carboxylic acids is 1. The van der Waals surface area contributed by atoms with Gasteiger partial charge in [-0.05, 0) is 11.6 Å². The highest BCUT2D eigenvalue weighted by Gasteiger charge is 2.25. The van der Waals surface area contributed by atoms with Crippen molar-refractivity contribution in [3.8, 4) is 5.75 Å². The number of ether oxygens (including phenoxy) is 1. The first-order valence-electron chi connectivity index (χ1n) is 3.69. The Hall–Kier alpha value is -1.30. The Labute approximate surface area is 87.8 Å². The molecule has 0 radical (unpaired) electrons. The summed E-state index contributed by atoms with van der Waals surface area (Å²) >= 11 is 5.04. The number of hydrogen-bond donors (Lipinski definition) is 0. The van der Waals surface area contributed by atoms with Crippen molar-refractivity contribution in [1.82, 2.24) is 4.98 Å². The maximum Gasteiger partial charge on any atom is 0.268 e. The largest absolute Gasteiger partial charge is 0.492 e. The Morgan fingerprint density at radius 3 is 2.60 bits per heavy atom. The molecule has 1 aromatic rings. The van der Waals surface area contributed by atoms with Crippen molar-refractivity contribution in [2.45, 2.75) is 6.43 Å². The van der Waals surface area contributed by atoms with Gasteiger partial charge in [0.15, 0.2) is 5.75 Å². The van der Waals surface area contributed by atoms with Crippen LogP contribution in [0.4, 0.5) is 13.2 Å². The van der Waals surface area contributed by atoms with Crippen LogP contribution in [-0.4, -0.2) is 17.3 Å². The van der Waals surface area contributed by atoms with Gasteiger partial charge in [0, 0.05) is 6.20 Å². The minimum atomic E-state index is -3.07. The van der Waals surface area contributed by atoms with Gasteiger partial charge in [-0.2, -0.15) is 4.39 Å². The average molecular weight is 240 g/mol. The zero-order chi connectivity index (χ0) is 11.6. The Morgan fingerprint density at radius 1 is 1.60 bits per heavy atom. The van der Waals surface area contributed by atoms with Crippen LogP contribution in [-0.2, 0) is 0 Å². The monoisotopic (exact) mass is 239 g/mol. The predicted molar refractivity (Wildman–Crippen MR) is 45.9 cm³/mol. The lowest BCUT2D eigenvalue weighted by molar-refractivity contribution is 0.106. The zero-order valence-corrected chi connectivity index (χ0v) is 8.19. The van der Waals surface area contributed by atoms with Crippen LogP contribution in [0, 0.1) is 5.95 Å². The first-order valence-corrected chi connectivity index (χ1v) is 4.07. The first-order chi connectivity index (χ1) is 6.99. The number of alkyl halides is 2. The van der Waals surface area contributed by atoms with E-state index in [4.69, 9.17) is 11.6 Å². The minimum Gasteiger partial charge on any atom is -0.492 e. The van der Waals surface area contributed by atoms with Crippen molar-refractivity contribution < 1.29 is 22.7 Å². The molecular weight excluding hydrogens is 235 g/mol. The summed E-state index contributed by atoms with van der Waals surface area (Å²) in [5.41, 5.74) is -1.45. The second kappa shape index (κ2) is 4.48. The van der Waals surface area contributed by atoms with Gasteiger partial charge in [-0.15, -0.1) is 0 Å². The summed E-state index contributed by atoms with van der Waals surface area (Å²) in [5, 5.41) is -1.14. The number of pyridine rings is 1. The molecular formula is C8H5ClF3NO2. The maximum absolute atomic E-state index is 12.9. The van der Waals surface area contributed by atoms with Crippen molar-refractivity contribution >= 4 is 16.8 Å². The fraction of sp³-hybridized carbons (Fsp3) is 0.250. The molecule has 0 aliphatic carbocycles. The molecule has 0 aliphatic heterocycles. The SMILES string of the molecule is COc1c(F)ncc(C(=O)Cl)c1C(F)F. The van der Waals surface area contributed by atoms with E-state index in [1.807, 2.05) is 0 Å². The van der Waals surface area contributed by atoms with E-state index in [1.165, 1.54) is 0 Å². The van der Waals surface area contributed by atoms with E-state index in [0.717, 1.165) is 7.11 Å². The smallest absolute Gasteiger partial charge is 0.268 e. The molecule has 82 valence electrons. The summed E-state index contributed by atoms with van der Waals surface area (Å²) in [6, 6.07) is 0. The van der Waals surface area contributed by atoms with E-state index in [0.29, 0.717) is 6.20 Å². The average Bonchev–Trinajstić information content (AvgIpc) is 2.16. The van der Waals surface area contributed by atoms with Crippen molar-refractivity contribution in [2.75, 3.05) is 7.11 Å². The van der Waals surface area contributed by atoms with Crippen molar-refractivity contribution in [2.24, 2.45) is 0 Å². The van der Waals surface area contributed by atoms with E-state index < -0.39 is 34.5 Å². The molecule has 0 aliphatic rings.